The van der Waals surface area contributed by atoms with Crippen LogP contribution < -0.4 is 5.32 Å². The van der Waals surface area contributed by atoms with Crippen molar-refractivity contribution >= 4 is 17.4 Å². The number of aromatic nitrogens is 1. The largest absolute Gasteiger partial charge is 0.385 e. The second-order valence-corrected chi connectivity index (χ2v) is 3.01. The van der Waals surface area contributed by atoms with E-state index in [-0.39, 0.29) is 0 Å². The second kappa shape index (κ2) is 5.78. The summed E-state index contributed by atoms with van der Waals surface area (Å²) in [7, 11) is 1.69. The molecule has 0 aliphatic rings. The fraction of sp³-hybridized carbons (Fsp3) is 0.444. The van der Waals surface area contributed by atoms with Crippen LogP contribution in [0.3, 0.4) is 0 Å². The molecule has 0 saturated carbocycles. The lowest BCUT2D eigenvalue weighted by molar-refractivity contribution is 0.198. The summed E-state index contributed by atoms with van der Waals surface area (Å²) in [4.78, 5) is 4.09. The van der Waals surface area contributed by atoms with Gasteiger partial charge < -0.3 is 10.1 Å². The van der Waals surface area contributed by atoms with Crippen LogP contribution in [-0.4, -0.2) is 25.2 Å². The van der Waals surface area contributed by atoms with Crippen LogP contribution in [0.2, 0.25) is 5.02 Å². The van der Waals surface area contributed by atoms with Crippen LogP contribution in [0.15, 0.2) is 18.3 Å². The van der Waals surface area contributed by atoms with Gasteiger partial charge in [-0.05, 0) is 18.6 Å². The third-order valence-electron chi connectivity index (χ3n) is 1.58. The van der Waals surface area contributed by atoms with Crippen molar-refractivity contribution in [1.82, 2.24) is 4.98 Å². The topological polar surface area (TPSA) is 34.1 Å². The molecule has 0 aliphatic carbocycles. The zero-order valence-electron chi connectivity index (χ0n) is 7.59. The summed E-state index contributed by atoms with van der Waals surface area (Å²) in [6, 6.07) is 3.62. The molecule has 1 rings (SSSR count). The summed E-state index contributed by atoms with van der Waals surface area (Å²) in [6.45, 7) is 1.57. The van der Waals surface area contributed by atoms with Gasteiger partial charge in [0.1, 0.15) is 5.82 Å². The van der Waals surface area contributed by atoms with Crippen molar-refractivity contribution in [3.63, 3.8) is 0 Å². The number of nitrogens with zero attached hydrogens (tertiary/aromatic N) is 1. The molecule has 0 atom stereocenters. The van der Waals surface area contributed by atoms with Gasteiger partial charge in [-0.25, -0.2) is 4.98 Å². The first kappa shape index (κ1) is 10.3. The smallest absolute Gasteiger partial charge is 0.144 e. The number of nitrogens with one attached hydrogen (secondary N) is 1. The van der Waals surface area contributed by atoms with Crippen molar-refractivity contribution in [3.8, 4) is 0 Å². The minimum Gasteiger partial charge on any atom is -0.385 e. The van der Waals surface area contributed by atoms with Crippen molar-refractivity contribution in [2.75, 3.05) is 25.6 Å². The molecule has 0 radical (unpaired) electrons. The van der Waals surface area contributed by atoms with E-state index in [1.807, 2.05) is 12.1 Å². The molecule has 0 aromatic carbocycles. The van der Waals surface area contributed by atoms with Gasteiger partial charge in [-0.2, -0.15) is 0 Å². The quantitative estimate of drug-likeness (QED) is 0.740. The van der Waals surface area contributed by atoms with E-state index < -0.39 is 0 Å². The van der Waals surface area contributed by atoms with Crippen LogP contribution in [-0.2, 0) is 4.74 Å². The lowest BCUT2D eigenvalue weighted by Gasteiger charge is -2.05. The SMILES string of the molecule is COCCCNc1ncccc1Cl. The van der Waals surface area contributed by atoms with Gasteiger partial charge in [0, 0.05) is 26.5 Å². The zero-order valence-corrected chi connectivity index (χ0v) is 8.34. The molecule has 0 saturated heterocycles. The third-order valence-corrected chi connectivity index (χ3v) is 1.88. The van der Waals surface area contributed by atoms with E-state index in [1.54, 1.807) is 13.3 Å². The molecule has 0 spiro atoms. The van der Waals surface area contributed by atoms with E-state index in [4.69, 9.17) is 16.3 Å². The number of methoxy groups -OCH3 is 1. The van der Waals surface area contributed by atoms with Crippen LogP contribution in [0.1, 0.15) is 6.42 Å². The summed E-state index contributed by atoms with van der Waals surface area (Å²) < 4.78 is 4.92. The standard InChI is InChI=1S/C9H13ClN2O/c1-13-7-3-6-12-9-8(10)4-2-5-11-9/h2,4-5H,3,6-7H2,1H3,(H,11,12). The molecule has 0 fully saturated rings. The van der Waals surface area contributed by atoms with Gasteiger partial charge in [0.05, 0.1) is 5.02 Å². The molecule has 1 aromatic rings. The van der Waals surface area contributed by atoms with E-state index in [2.05, 4.69) is 10.3 Å². The third kappa shape index (κ3) is 3.61. The van der Waals surface area contributed by atoms with Crippen LogP contribution in [0.5, 0.6) is 0 Å². The van der Waals surface area contributed by atoms with Crippen LogP contribution in [0.25, 0.3) is 0 Å². The Morgan fingerprint density at radius 2 is 2.46 bits per heavy atom. The predicted molar refractivity (Wildman–Crippen MR) is 54.2 cm³/mol. The molecule has 0 amide bonds. The first-order chi connectivity index (χ1) is 6.34. The summed E-state index contributed by atoms with van der Waals surface area (Å²) in [5.41, 5.74) is 0. The van der Waals surface area contributed by atoms with Crippen molar-refractivity contribution < 1.29 is 4.74 Å². The van der Waals surface area contributed by atoms with E-state index in [0.29, 0.717) is 5.02 Å². The molecule has 1 heterocycles. The minimum atomic E-state index is 0.653. The Balaban J connectivity index is 2.32. The average molecular weight is 201 g/mol. The van der Waals surface area contributed by atoms with Gasteiger partial charge in [0.15, 0.2) is 0 Å². The highest BCUT2D eigenvalue weighted by Gasteiger charge is 1.97. The second-order valence-electron chi connectivity index (χ2n) is 2.61. The number of anilines is 1. The Labute approximate surface area is 83.1 Å². The predicted octanol–water partition coefficient (Wildman–Crippen LogP) is 2.18. The lowest BCUT2D eigenvalue weighted by atomic mass is 10.4. The van der Waals surface area contributed by atoms with Gasteiger partial charge in [0.25, 0.3) is 0 Å². The minimum absolute atomic E-state index is 0.653. The Kier molecular flexibility index (Phi) is 4.57. The number of halogens is 1. The van der Waals surface area contributed by atoms with Gasteiger partial charge >= 0.3 is 0 Å². The normalized spacial score (nSPS) is 10.0. The molecule has 0 aliphatic heterocycles. The fourth-order valence-electron chi connectivity index (χ4n) is 0.939. The molecule has 1 aromatic heterocycles. The first-order valence-electron chi connectivity index (χ1n) is 4.18. The van der Waals surface area contributed by atoms with Crippen molar-refractivity contribution in [2.45, 2.75) is 6.42 Å². The molecule has 3 nitrogen and oxygen atoms in total. The van der Waals surface area contributed by atoms with Gasteiger partial charge in [-0.15, -0.1) is 0 Å². The van der Waals surface area contributed by atoms with Gasteiger partial charge in [-0.1, -0.05) is 11.6 Å². The van der Waals surface area contributed by atoms with Crippen molar-refractivity contribution in [1.29, 1.82) is 0 Å². The fourth-order valence-corrected chi connectivity index (χ4v) is 1.13. The van der Waals surface area contributed by atoms with Crippen molar-refractivity contribution in [2.24, 2.45) is 0 Å². The summed E-state index contributed by atoms with van der Waals surface area (Å²) in [5, 5.41) is 3.78. The highest BCUT2D eigenvalue weighted by Crippen LogP contribution is 2.16. The number of hydrogen-bond donors (Lipinski definition) is 1. The van der Waals surface area contributed by atoms with Crippen LogP contribution in [0.4, 0.5) is 5.82 Å². The van der Waals surface area contributed by atoms with Gasteiger partial charge in [-0.3, -0.25) is 0 Å². The maximum absolute atomic E-state index is 5.88. The Morgan fingerprint density at radius 1 is 1.62 bits per heavy atom. The van der Waals surface area contributed by atoms with Crippen LogP contribution in [0, 0.1) is 0 Å². The first-order valence-corrected chi connectivity index (χ1v) is 4.55. The Morgan fingerprint density at radius 3 is 3.15 bits per heavy atom. The summed E-state index contributed by atoms with van der Waals surface area (Å²) in [6.07, 6.45) is 2.66. The molecule has 0 bridgehead atoms. The summed E-state index contributed by atoms with van der Waals surface area (Å²) >= 11 is 5.88. The van der Waals surface area contributed by atoms with Gasteiger partial charge in [0.2, 0.25) is 0 Å². The molecular formula is C9H13ClN2O. The molecule has 0 unspecified atom stereocenters. The number of ether oxygens (including phenoxy) is 1. The highest BCUT2D eigenvalue weighted by atomic mass is 35.5. The number of pyridine rings is 1. The lowest BCUT2D eigenvalue weighted by Crippen LogP contribution is -2.06. The maximum atomic E-state index is 5.88. The van der Waals surface area contributed by atoms with E-state index in [0.717, 1.165) is 25.4 Å². The number of hydrogen-bond acceptors (Lipinski definition) is 3. The molecule has 1 N–H and O–H groups in total. The highest BCUT2D eigenvalue weighted by molar-refractivity contribution is 6.32. The molecule has 13 heavy (non-hydrogen) atoms. The van der Waals surface area contributed by atoms with E-state index in [9.17, 15) is 0 Å². The Bertz CT molecular complexity index is 255. The maximum Gasteiger partial charge on any atom is 0.144 e. The van der Waals surface area contributed by atoms with E-state index in [1.165, 1.54) is 0 Å². The summed E-state index contributed by atoms with van der Waals surface area (Å²) in [5.74, 6) is 0.736. The number of rotatable bonds is 5. The van der Waals surface area contributed by atoms with E-state index >= 15 is 0 Å². The monoisotopic (exact) mass is 200 g/mol. The molecule has 72 valence electrons. The Hall–Kier alpha value is -0.800. The zero-order chi connectivity index (χ0) is 9.52. The molecular weight excluding hydrogens is 188 g/mol. The average Bonchev–Trinajstić information content (AvgIpc) is 2.15. The van der Waals surface area contributed by atoms with Crippen LogP contribution >= 0.6 is 11.6 Å². The molecule has 4 heteroatoms. The van der Waals surface area contributed by atoms with Crippen molar-refractivity contribution in [3.05, 3.63) is 23.4 Å².